The lowest BCUT2D eigenvalue weighted by Crippen LogP contribution is -2.50. The Morgan fingerprint density at radius 1 is 1.08 bits per heavy atom. The average molecular weight is 389 g/mol. The lowest BCUT2D eigenvalue weighted by molar-refractivity contribution is 0.391. The molecular weight excluding hydrogens is 372 g/mol. The molecule has 1 fully saturated rings. The summed E-state index contributed by atoms with van der Waals surface area (Å²) in [5.74, 6) is 0. The van der Waals surface area contributed by atoms with Crippen molar-refractivity contribution in [2.24, 2.45) is 0 Å². The van der Waals surface area contributed by atoms with Crippen molar-refractivity contribution in [3.8, 4) is 0 Å². The van der Waals surface area contributed by atoms with Gasteiger partial charge in [-0.15, -0.1) is 0 Å². The first-order chi connectivity index (χ1) is 12.2. The molecule has 0 atom stereocenters. The minimum Gasteiger partial charge on any atom is -0.345 e. The zero-order valence-electron chi connectivity index (χ0n) is 13.5. The van der Waals surface area contributed by atoms with Gasteiger partial charge >= 0.3 is 0 Å². The van der Waals surface area contributed by atoms with E-state index < -0.39 is 0 Å². The summed E-state index contributed by atoms with van der Waals surface area (Å²) in [5.41, 5.74) is 2.03. The van der Waals surface area contributed by atoms with Crippen molar-refractivity contribution in [1.82, 2.24) is 9.88 Å². The van der Waals surface area contributed by atoms with Crippen LogP contribution in [0.4, 0.5) is 10.8 Å². The van der Waals surface area contributed by atoms with E-state index in [4.69, 9.17) is 28.8 Å². The summed E-state index contributed by atoms with van der Waals surface area (Å²) < 4.78 is 1.13. The van der Waals surface area contributed by atoms with E-state index in [2.05, 4.69) is 15.1 Å². The first-order valence-electron chi connectivity index (χ1n) is 8.11. The molecular formula is C18H17ClN4S2. The van der Waals surface area contributed by atoms with E-state index in [9.17, 15) is 0 Å². The van der Waals surface area contributed by atoms with Gasteiger partial charge in [-0.1, -0.05) is 41.1 Å². The topological polar surface area (TPSA) is 31.4 Å². The van der Waals surface area contributed by atoms with Gasteiger partial charge in [0.1, 0.15) is 0 Å². The molecule has 0 saturated carbocycles. The monoisotopic (exact) mass is 388 g/mol. The van der Waals surface area contributed by atoms with Crippen LogP contribution >= 0.6 is 35.2 Å². The highest BCUT2D eigenvalue weighted by molar-refractivity contribution is 7.80. The van der Waals surface area contributed by atoms with Gasteiger partial charge in [-0.05, 0) is 42.5 Å². The largest absolute Gasteiger partial charge is 0.345 e. The molecule has 0 spiro atoms. The maximum absolute atomic E-state index is 6.07. The smallest absolute Gasteiger partial charge is 0.186 e. The highest BCUT2D eigenvalue weighted by Gasteiger charge is 2.21. The maximum Gasteiger partial charge on any atom is 0.186 e. The summed E-state index contributed by atoms with van der Waals surface area (Å²) in [6, 6.07) is 15.9. The van der Waals surface area contributed by atoms with E-state index in [0.29, 0.717) is 0 Å². The minimum absolute atomic E-state index is 0.754. The number of para-hydroxylation sites is 1. The number of nitrogens with one attached hydrogen (secondary N) is 1. The van der Waals surface area contributed by atoms with Crippen molar-refractivity contribution in [1.29, 1.82) is 0 Å². The molecule has 1 aliphatic heterocycles. The number of aromatic nitrogens is 1. The van der Waals surface area contributed by atoms with Crippen LogP contribution in [0.3, 0.4) is 0 Å². The van der Waals surface area contributed by atoms with Gasteiger partial charge in [-0.3, -0.25) is 0 Å². The van der Waals surface area contributed by atoms with E-state index in [1.54, 1.807) is 11.3 Å². The van der Waals surface area contributed by atoms with Gasteiger partial charge < -0.3 is 15.1 Å². The molecule has 0 aliphatic carbocycles. The first kappa shape index (κ1) is 16.6. The van der Waals surface area contributed by atoms with Crippen LogP contribution in [0.25, 0.3) is 10.2 Å². The molecule has 7 heteroatoms. The van der Waals surface area contributed by atoms with Gasteiger partial charge in [0.2, 0.25) is 0 Å². The molecule has 3 aromatic rings. The summed E-state index contributed by atoms with van der Waals surface area (Å²) in [4.78, 5) is 9.26. The summed E-state index contributed by atoms with van der Waals surface area (Å²) in [6.07, 6.45) is 0. The number of nitrogens with zero attached hydrogens (tertiary/aromatic N) is 3. The first-order valence-corrected chi connectivity index (χ1v) is 9.71. The van der Waals surface area contributed by atoms with Crippen LogP contribution in [-0.2, 0) is 0 Å². The summed E-state index contributed by atoms with van der Waals surface area (Å²) in [7, 11) is 0. The molecule has 2 aromatic carbocycles. The molecule has 4 rings (SSSR count). The molecule has 128 valence electrons. The third kappa shape index (κ3) is 3.71. The molecule has 1 aromatic heterocycles. The minimum atomic E-state index is 0.754. The Hall–Kier alpha value is -1.89. The van der Waals surface area contributed by atoms with E-state index >= 15 is 0 Å². The average Bonchev–Trinajstić information content (AvgIpc) is 3.06. The Bertz CT molecular complexity index is 888. The molecule has 1 saturated heterocycles. The zero-order chi connectivity index (χ0) is 17.2. The number of piperazine rings is 1. The number of anilines is 2. The molecule has 0 unspecified atom stereocenters. The van der Waals surface area contributed by atoms with Crippen LogP contribution in [0, 0.1) is 0 Å². The number of fused-ring (bicyclic) bond motifs is 1. The fraction of sp³-hybridized carbons (Fsp3) is 0.222. The molecule has 0 radical (unpaired) electrons. The Morgan fingerprint density at radius 3 is 2.60 bits per heavy atom. The number of hydrogen-bond acceptors (Lipinski definition) is 4. The van der Waals surface area contributed by atoms with Gasteiger partial charge in [-0.25, -0.2) is 4.98 Å². The summed E-state index contributed by atoms with van der Waals surface area (Å²) in [6.45, 7) is 3.58. The number of hydrogen-bond donors (Lipinski definition) is 1. The van der Waals surface area contributed by atoms with Gasteiger partial charge in [0.05, 0.1) is 10.2 Å². The van der Waals surface area contributed by atoms with Gasteiger partial charge in [0, 0.05) is 36.9 Å². The Kier molecular flexibility index (Phi) is 4.74. The predicted octanol–water partition coefficient (Wildman–Crippen LogP) is 4.47. The summed E-state index contributed by atoms with van der Waals surface area (Å²) >= 11 is 13.3. The fourth-order valence-electron chi connectivity index (χ4n) is 2.85. The zero-order valence-corrected chi connectivity index (χ0v) is 15.9. The number of rotatable bonds is 2. The van der Waals surface area contributed by atoms with Crippen molar-refractivity contribution >= 4 is 61.3 Å². The molecule has 1 aliphatic rings. The SMILES string of the molecule is S=C(Nc1ccccc1)N1CCN(c2nc3ccc(Cl)cc3s2)CC1. The van der Waals surface area contributed by atoms with Gasteiger partial charge in [-0.2, -0.15) is 0 Å². The fourth-order valence-corrected chi connectivity index (χ4v) is 4.44. The second-order valence-electron chi connectivity index (χ2n) is 5.88. The van der Waals surface area contributed by atoms with Crippen LogP contribution in [-0.4, -0.2) is 41.2 Å². The van der Waals surface area contributed by atoms with Crippen LogP contribution < -0.4 is 10.2 Å². The van der Waals surface area contributed by atoms with Crippen molar-refractivity contribution in [3.05, 3.63) is 53.6 Å². The van der Waals surface area contributed by atoms with E-state index in [1.165, 1.54) is 0 Å². The predicted molar refractivity (Wildman–Crippen MR) is 111 cm³/mol. The highest BCUT2D eigenvalue weighted by Crippen LogP contribution is 2.31. The Morgan fingerprint density at radius 2 is 1.84 bits per heavy atom. The quantitative estimate of drug-likeness (QED) is 0.654. The highest BCUT2D eigenvalue weighted by atomic mass is 35.5. The molecule has 0 amide bonds. The second kappa shape index (κ2) is 7.15. The van der Waals surface area contributed by atoms with Gasteiger partial charge in [0.25, 0.3) is 0 Å². The van der Waals surface area contributed by atoms with Crippen LogP contribution in [0.5, 0.6) is 0 Å². The number of thiocarbonyl (C=S) groups is 1. The lowest BCUT2D eigenvalue weighted by Gasteiger charge is -2.36. The van der Waals surface area contributed by atoms with Crippen LogP contribution in [0.1, 0.15) is 0 Å². The van der Waals surface area contributed by atoms with Crippen molar-refractivity contribution in [2.45, 2.75) is 0 Å². The number of thiazole rings is 1. The van der Waals surface area contributed by atoms with E-state index in [1.807, 2.05) is 48.5 Å². The Labute approximate surface area is 161 Å². The van der Waals surface area contributed by atoms with Gasteiger partial charge in [0.15, 0.2) is 10.2 Å². The standard InChI is InChI=1S/C18H17ClN4S2/c19-13-6-7-15-16(12-13)25-18(21-15)23-10-8-22(9-11-23)17(24)20-14-4-2-1-3-5-14/h1-7,12H,8-11H2,(H,20,24). The molecule has 0 bridgehead atoms. The summed E-state index contributed by atoms with van der Waals surface area (Å²) in [5, 5.41) is 5.89. The van der Waals surface area contributed by atoms with Crippen molar-refractivity contribution in [2.75, 3.05) is 36.4 Å². The van der Waals surface area contributed by atoms with Crippen LogP contribution in [0.2, 0.25) is 5.02 Å². The number of benzene rings is 2. The molecule has 2 heterocycles. The third-order valence-corrected chi connectivity index (χ3v) is 5.88. The molecule has 4 nitrogen and oxygen atoms in total. The Balaban J connectivity index is 1.39. The van der Waals surface area contributed by atoms with E-state index in [-0.39, 0.29) is 0 Å². The van der Waals surface area contributed by atoms with Crippen molar-refractivity contribution < 1.29 is 0 Å². The normalized spacial score (nSPS) is 14.8. The molecule has 1 N–H and O–H groups in total. The van der Waals surface area contributed by atoms with E-state index in [0.717, 1.165) is 57.3 Å². The lowest BCUT2D eigenvalue weighted by atomic mass is 10.3. The third-order valence-electron chi connectivity index (χ3n) is 4.20. The molecule has 25 heavy (non-hydrogen) atoms. The van der Waals surface area contributed by atoms with Crippen molar-refractivity contribution in [3.63, 3.8) is 0 Å². The number of halogens is 1. The van der Waals surface area contributed by atoms with Crippen LogP contribution in [0.15, 0.2) is 48.5 Å². The second-order valence-corrected chi connectivity index (χ2v) is 7.71. The maximum atomic E-state index is 6.07.